The van der Waals surface area contributed by atoms with Crippen LogP contribution >= 0.6 is 11.3 Å². The first kappa shape index (κ1) is 17.0. The van der Waals surface area contributed by atoms with Crippen molar-refractivity contribution in [1.29, 1.82) is 0 Å². The van der Waals surface area contributed by atoms with Gasteiger partial charge in [-0.3, -0.25) is 9.48 Å². The molecule has 0 spiro atoms. The van der Waals surface area contributed by atoms with Crippen LogP contribution in [0.25, 0.3) is 10.2 Å². The van der Waals surface area contributed by atoms with Gasteiger partial charge in [-0.15, -0.1) is 0 Å². The summed E-state index contributed by atoms with van der Waals surface area (Å²) in [6.45, 7) is 9.19. The highest BCUT2D eigenvalue weighted by Crippen LogP contribution is 2.32. The van der Waals surface area contributed by atoms with Crippen molar-refractivity contribution >= 4 is 32.6 Å². The fourth-order valence-corrected chi connectivity index (χ4v) is 4.62. The summed E-state index contributed by atoms with van der Waals surface area (Å²) in [6.07, 6.45) is 0. The Labute approximate surface area is 157 Å². The lowest BCUT2D eigenvalue weighted by Crippen LogP contribution is -2.48. The van der Waals surface area contributed by atoms with Crippen LogP contribution in [0.2, 0.25) is 0 Å². The zero-order valence-corrected chi connectivity index (χ0v) is 16.4. The van der Waals surface area contributed by atoms with Crippen LogP contribution < -0.4 is 4.90 Å². The molecule has 0 bridgehead atoms. The summed E-state index contributed by atoms with van der Waals surface area (Å²) in [6, 6.07) is 6.23. The summed E-state index contributed by atoms with van der Waals surface area (Å²) in [4.78, 5) is 21.7. The Balaban J connectivity index is 1.48. The van der Waals surface area contributed by atoms with Crippen molar-refractivity contribution in [1.82, 2.24) is 19.7 Å². The Morgan fingerprint density at radius 3 is 2.46 bits per heavy atom. The van der Waals surface area contributed by atoms with Gasteiger partial charge in [0.25, 0.3) is 5.91 Å². The number of nitrogens with zero attached hydrogens (tertiary/aromatic N) is 5. The van der Waals surface area contributed by atoms with E-state index in [1.165, 1.54) is 15.8 Å². The van der Waals surface area contributed by atoms with Crippen molar-refractivity contribution in [2.75, 3.05) is 31.1 Å². The highest BCUT2D eigenvalue weighted by molar-refractivity contribution is 7.22. The van der Waals surface area contributed by atoms with Crippen LogP contribution in [0.4, 0.5) is 5.13 Å². The lowest BCUT2D eigenvalue weighted by molar-refractivity contribution is 0.0740. The zero-order chi connectivity index (χ0) is 18.4. The van der Waals surface area contributed by atoms with Gasteiger partial charge in [-0.05, 0) is 44.0 Å². The number of hydrogen-bond donors (Lipinski definition) is 0. The van der Waals surface area contributed by atoms with E-state index in [2.05, 4.69) is 36.0 Å². The molecular formula is C19H23N5OS. The molecule has 0 saturated carbocycles. The standard InChI is InChI=1S/C19H23N5OS/c1-12-9-13(2)17-16(10-12)26-19(20-17)24-7-5-23(6-8-24)18(25)15-11-14(3)22(4)21-15/h9-11H,5-8H2,1-4H3. The topological polar surface area (TPSA) is 54.3 Å². The molecule has 3 aromatic rings. The van der Waals surface area contributed by atoms with Gasteiger partial charge in [0, 0.05) is 38.9 Å². The van der Waals surface area contributed by atoms with Gasteiger partial charge >= 0.3 is 0 Å². The van der Waals surface area contributed by atoms with Gasteiger partial charge in [0.05, 0.1) is 10.2 Å². The molecule has 0 aliphatic carbocycles. The number of carbonyl (C=O) groups is 1. The summed E-state index contributed by atoms with van der Waals surface area (Å²) in [5, 5.41) is 5.36. The van der Waals surface area contributed by atoms with Crippen LogP contribution in [0.3, 0.4) is 0 Å². The minimum atomic E-state index is 0.0177. The average molecular weight is 369 g/mol. The van der Waals surface area contributed by atoms with Crippen molar-refractivity contribution in [2.24, 2.45) is 7.05 Å². The minimum Gasteiger partial charge on any atom is -0.345 e. The minimum absolute atomic E-state index is 0.0177. The second-order valence-corrected chi connectivity index (χ2v) is 8.01. The molecule has 6 nitrogen and oxygen atoms in total. The third kappa shape index (κ3) is 2.96. The molecule has 4 rings (SSSR count). The molecule has 26 heavy (non-hydrogen) atoms. The van der Waals surface area contributed by atoms with Crippen molar-refractivity contribution in [2.45, 2.75) is 20.8 Å². The number of rotatable bonds is 2. The van der Waals surface area contributed by atoms with Gasteiger partial charge in [-0.1, -0.05) is 17.4 Å². The molecule has 1 aliphatic rings. The van der Waals surface area contributed by atoms with E-state index in [4.69, 9.17) is 4.98 Å². The molecule has 0 atom stereocenters. The van der Waals surface area contributed by atoms with Crippen LogP contribution in [-0.4, -0.2) is 51.8 Å². The van der Waals surface area contributed by atoms with Crippen molar-refractivity contribution in [3.63, 3.8) is 0 Å². The van der Waals surface area contributed by atoms with Gasteiger partial charge in [0.2, 0.25) is 0 Å². The Kier molecular flexibility index (Phi) is 4.19. The van der Waals surface area contributed by atoms with E-state index in [1.807, 2.05) is 24.9 Å². The van der Waals surface area contributed by atoms with Gasteiger partial charge in [0.15, 0.2) is 10.8 Å². The normalized spacial score (nSPS) is 15.1. The monoisotopic (exact) mass is 369 g/mol. The molecule has 136 valence electrons. The van der Waals surface area contributed by atoms with Crippen molar-refractivity contribution in [3.05, 3.63) is 40.7 Å². The molecule has 7 heteroatoms. The number of carbonyl (C=O) groups excluding carboxylic acids is 1. The molecule has 1 aromatic carbocycles. The van der Waals surface area contributed by atoms with E-state index in [9.17, 15) is 4.79 Å². The zero-order valence-electron chi connectivity index (χ0n) is 15.6. The lowest BCUT2D eigenvalue weighted by atomic mass is 10.1. The molecule has 0 radical (unpaired) electrons. The van der Waals surface area contributed by atoms with Gasteiger partial charge in [0.1, 0.15) is 0 Å². The third-order valence-corrected chi connectivity index (χ3v) is 6.05. The van der Waals surface area contributed by atoms with E-state index in [0.29, 0.717) is 18.8 Å². The number of anilines is 1. The Hall–Kier alpha value is -2.41. The summed E-state index contributed by atoms with van der Waals surface area (Å²) < 4.78 is 2.98. The number of piperazine rings is 1. The number of fused-ring (bicyclic) bond motifs is 1. The van der Waals surface area contributed by atoms with Crippen molar-refractivity contribution < 1.29 is 4.79 Å². The summed E-state index contributed by atoms with van der Waals surface area (Å²) in [5.41, 5.74) is 5.11. The van der Waals surface area contributed by atoms with Crippen LogP contribution in [-0.2, 0) is 7.05 Å². The quantitative estimate of drug-likeness (QED) is 0.697. The Morgan fingerprint density at radius 1 is 1.08 bits per heavy atom. The third-order valence-electron chi connectivity index (χ3n) is 4.99. The van der Waals surface area contributed by atoms with E-state index >= 15 is 0 Å². The fraction of sp³-hybridized carbons (Fsp3) is 0.421. The van der Waals surface area contributed by atoms with Gasteiger partial charge in [-0.25, -0.2) is 4.98 Å². The first-order valence-corrected chi connectivity index (χ1v) is 9.66. The van der Waals surface area contributed by atoms with E-state index < -0.39 is 0 Å². The lowest BCUT2D eigenvalue weighted by Gasteiger charge is -2.34. The van der Waals surface area contributed by atoms with Crippen LogP contribution in [0.15, 0.2) is 18.2 Å². The molecule has 3 heterocycles. The van der Waals surface area contributed by atoms with Crippen LogP contribution in [0.5, 0.6) is 0 Å². The second-order valence-electron chi connectivity index (χ2n) is 7.00. The first-order chi connectivity index (χ1) is 12.4. The fourth-order valence-electron chi connectivity index (χ4n) is 3.42. The number of thiazole rings is 1. The SMILES string of the molecule is Cc1cc(C)c2nc(N3CCN(C(=O)c4cc(C)n(C)n4)CC3)sc2c1. The molecule has 1 fully saturated rings. The van der Waals surface area contributed by atoms with E-state index in [-0.39, 0.29) is 5.91 Å². The number of amides is 1. The molecule has 0 unspecified atom stereocenters. The molecule has 0 N–H and O–H groups in total. The van der Waals surface area contributed by atoms with Gasteiger partial charge < -0.3 is 9.80 Å². The average Bonchev–Trinajstić information content (AvgIpc) is 3.18. The second kappa shape index (κ2) is 6.39. The summed E-state index contributed by atoms with van der Waals surface area (Å²) in [5.74, 6) is 0.0177. The smallest absolute Gasteiger partial charge is 0.274 e. The highest BCUT2D eigenvalue weighted by Gasteiger charge is 2.25. The molecule has 2 aromatic heterocycles. The van der Waals surface area contributed by atoms with E-state index in [0.717, 1.165) is 29.4 Å². The molecule has 1 aliphatic heterocycles. The Bertz CT molecular complexity index is 962. The first-order valence-electron chi connectivity index (χ1n) is 8.85. The Morgan fingerprint density at radius 2 is 1.81 bits per heavy atom. The van der Waals surface area contributed by atoms with Gasteiger partial charge in [-0.2, -0.15) is 5.10 Å². The largest absolute Gasteiger partial charge is 0.345 e. The summed E-state index contributed by atoms with van der Waals surface area (Å²) in [7, 11) is 1.86. The maximum absolute atomic E-state index is 12.7. The predicted molar refractivity (Wildman–Crippen MR) is 105 cm³/mol. The number of aromatic nitrogens is 3. The predicted octanol–water partition coefficient (Wildman–Crippen LogP) is 2.92. The molecular weight excluding hydrogens is 346 g/mol. The van der Waals surface area contributed by atoms with Crippen molar-refractivity contribution in [3.8, 4) is 0 Å². The highest BCUT2D eigenvalue weighted by atomic mass is 32.1. The number of benzene rings is 1. The number of hydrogen-bond acceptors (Lipinski definition) is 5. The molecule has 1 saturated heterocycles. The van der Waals surface area contributed by atoms with Crippen LogP contribution in [0.1, 0.15) is 27.3 Å². The summed E-state index contributed by atoms with van der Waals surface area (Å²) >= 11 is 1.74. The van der Waals surface area contributed by atoms with E-state index in [1.54, 1.807) is 16.0 Å². The maximum atomic E-state index is 12.7. The molecule has 1 amide bonds. The number of aryl methyl sites for hydroxylation is 4. The van der Waals surface area contributed by atoms with Crippen LogP contribution in [0, 0.1) is 20.8 Å². The maximum Gasteiger partial charge on any atom is 0.274 e.